The SMILES string of the molecule is CCOC=Cc1c(C(=O)OCC)cnc2sc(C)nc12. The molecular formula is C14H16N2O3S. The highest BCUT2D eigenvalue weighted by Gasteiger charge is 2.17. The smallest absolute Gasteiger partial charge is 0.340 e. The van der Waals surface area contributed by atoms with Crippen LogP contribution in [0.25, 0.3) is 16.4 Å². The van der Waals surface area contributed by atoms with Crippen LogP contribution in [0, 0.1) is 6.92 Å². The molecule has 5 nitrogen and oxygen atoms in total. The van der Waals surface area contributed by atoms with Crippen molar-refractivity contribution in [3.05, 3.63) is 28.6 Å². The highest BCUT2D eigenvalue weighted by molar-refractivity contribution is 7.18. The largest absolute Gasteiger partial charge is 0.501 e. The number of fused-ring (bicyclic) bond motifs is 1. The van der Waals surface area contributed by atoms with E-state index in [1.165, 1.54) is 17.5 Å². The number of ether oxygens (including phenoxy) is 2. The molecule has 0 bridgehead atoms. The Morgan fingerprint density at radius 1 is 1.40 bits per heavy atom. The van der Waals surface area contributed by atoms with Crippen molar-refractivity contribution in [2.75, 3.05) is 13.2 Å². The van der Waals surface area contributed by atoms with E-state index in [9.17, 15) is 4.79 Å². The van der Waals surface area contributed by atoms with Crippen molar-refractivity contribution >= 4 is 33.7 Å². The summed E-state index contributed by atoms with van der Waals surface area (Å²) >= 11 is 1.49. The number of hydrogen-bond donors (Lipinski definition) is 0. The first-order valence-electron chi connectivity index (χ1n) is 6.38. The van der Waals surface area contributed by atoms with Crippen molar-refractivity contribution in [3.8, 4) is 0 Å². The zero-order valence-electron chi connectivity index (χ0n) is 11.7. The quantitative estimate of drug-likeness (QED) is 0.625. The fourth-order valence-electron chi connectivity index (χ4n) is 1.75. The molecule has 106 valence electrons. The highest BCUT2D eigenvalue weighted by atomic mass is 32.1. The van der Waals surface area contributed by atoms with Crippen molar-refractivity contribution in [2.45, 2.75) is 20.8 Å². The van der Waals surface area contributed by atoms with E-state index in [-0.39, 0.29) is 0 Å². The number of aromatic nitrogens is 2. The van der Waals surface area contributed by atoms with Crippen LogP contribution in [0.2, 0.25) is 0 Å². The molecule has 2 aromatic rings. The van der Waals surface area contributed by atoms with Gasteiger partial charge in [0.2, 0.25) is 0 Å². The molecule has 20 heavy (non-hydrogen) atoms. The normalized spacial score (nSPS) is 11.2. The van der Waals surface area contributed by atoms with E-state index in [1.807, 2.05) is 13.8 Å². The Labute approximate surface area is 121 Å². The van der Waals surface area contributed by atoms with E-state index < -0.39 is 5.97 Å². The van der Waals surface area contributed by atoms with Gasteiger partial charge < -0.3 is 9.47 Å². The fraction of sp³-hybridized carbons (Fsp3) is 0.357. The van der Waals surface area contributed by atoms with Gasteiger partial charge in [0.25, 0.3) is 0 Å². The number of nitrogens with zero attached hydrogens (tertiary/aromatic N) is 2. The molecule has 0 aromatic carbocycles. The van der Waals surface area contributed by atoms with Gasteiger partial charge in [0.15, 0.2) is 0 Å². The van der Waals surface area contributed by atoms with Crippen LogP contribution < -0.4 is 0 Å². The second-order valence-electron chi connectivity index (χ2n) is 3.95. The maximum atomic E-state index is 12.0. The van der Waals surface area contributed by atoms with Crippen LogP contribution >= 0.6 is 11.3 Å². The first-order chi connectivity index (χ1) is 9.67. The van der Waals surface area contributed by atoms with Crippen LogP contribution in [-0.4, -0.2) is 29.2 Å². The average Bonchev–Trinajstić information content (AvgIpc) is 2.80. The summed E-state index contributed by atoms with van der Waals surface area (Å²) in [6.45, 7) is 6.46. The molecule has 2 heterocycles. The molecule has 0 saturated carbocycles. The second-order valence-corrected chi connectivity index (χ2v) is 5.13. The minimum absolute atomic E-state index is 0.321. The van der Waals surface area contributed by atoms with Gasteiger partial charge in [-0.05, 0) is 26.8 Å². The number of aryl methyl sites for hydroxylation is 1. The monoisotopic (exact) mass is 292 g/mol. The summed E-state index contributed by atoms with van der Waals surface area (Å²) in [5.41, 5.74) is 1.79. The topological polar surface area (TPSA) is 61.3 Å². The van der Waals surface area contributed by atoms with Gasteiger partial charge in [0.1, 0.15) is 10.3 Å². The third-order valence-electron chi connectivity index (χ3n) is 2.57. The summed E-state index contributed by atoms with van der Waals surface area (Å²) in [7, 11) is 0. The summed E-state index contributed by atoms with van der Waals surface area (Å²) in [6, 6.07) is 0. The molecule has 0 aliphatic carbocycles. The summed E-state index contributed by atoms with van der Waals surface area (Å²) in [5.74, 6) is -0.399. The van der Waals surface area contributed by atoms with E-state index in [0.29, 0.717) is 29.9 Å². The maximum absolute atomic E-state index is 12.0. The third kappa shape index (κ3) is 2.96. The van der Waals surface area contributed by atoms with Gasteiger partial charge in [-0.25, -0.2) is 14.8 Å². The minimum Gasteiger partial charge on any atom is -0.501 e. The lowest BCUT2D eigenvalue weighted by molar-refractivity contribution is 0.0526. The molecular weight excluding hydrogens is 276 g/mol. The molecule has 0 fully saturated rings. The van der Waals surface area contributed by atoms with Gasteiger partial charge in [-0.1, -0.05) is 11.3 Å². The van der Waals surface area contributed by atoms with E-state index in [0.717, 1.165) is 9.84 Å². The molecule has 0 aliphatic rings. The van der Waals surface area contributed by atoms with Crippen LogP contribution in [-0.2, 0) is 9.47 Å². The molecule has 0 amide bonds. The molecule has 2 aromatic heterocycles. The first-order valence-corrected chi connectivity index (χ1v) is 7.20. The Balaban J connectivity index is 2.55. The zero-order valence-corrected chi connectivity index (χ0v) is 12.5. The molecule has 0 saturated heterocycles. The van der Waals surface area contributed by atoms with E-state index >= 15 is 0 Å². The Kier molecular flexibility index (Phi) is 4.68. The van der Waals surface area contributed by atoms with Crippen molar-refractivity contribution in [1.29, 1.82) is 0 Å². The Bertz CT molecular complexity index is 649. The number of rotatable bonds is 5. The molecule has 0 radical (unpaired) electrons. The van der Waals surface area contributed by atoms with Crippen LogP contribution in [0.5, 0.6) is 0 Å². The van der Waals surface area contributed by atoms with Gasteiger partial charge in [0, 0.05) is 11.8 Å². The highest BCUT2D eigenvalue weighted by Crippen LogP contribution is 2.26. The van der Waals surface area contributed by atoms with Gasteiger partial charge in [-0.3, -0.25) is 0 Å². The van der Waals surface area contributed by atoms with Crippen LogP contribution in [0.15, 0.2) is 12.5 Å². The van der Waals surface area contributed by atoms with E-state index in [1.54, 1.807) is 19.3 Å². The molecule has 0 spiro atoms. The van der Waals surface area contributed by atoms with E-state index in [4.69, 9.17) is 9.47 Å². The summed E-state index contributed by atoms with van der Waals surface area (Å²) in [5, 5.41) is 0.902. The lowest BCUT2D eigenvalue weighted by atomic mass is 10.1. The summed E-state index contributed by atoms with van der Waals surface area (Å²) in [6.07, 6.45) is 4.83. The number of esters is 1. The van der Waals surface area contributed by atoms with Crippen molar-refractivity contribution < 1.29 is 14.3 Å². The number of thiazole rings is 1. The molecule has 0 unspecified atom stereocenters. The molecule has 6 heteroatoms. The first kappa shape index (κ1) is 14.5. The number of carbonyl (C=O) groups excluding carboxylic acids is 1. The fourth-order valence-corrected chi connectivity index (χ4v) is 2.53. The standard InChI is InChI=1S/C14H16N2O3S/c1-4-18-7-6-10-11(14(17)19-5-2)8-15-13-12(10)16-9(3)20-13/h6-8H,4-5H2,1-3H3. The average molecular weight is 292 g/mol. The number of pyridine rings is 1. The van der Waals surface area contributed by atoms with Gasteiger partial charge in [-0.15, -0.1) is 0 Å². The predicted octanol–water partition coefficient (Wildman–Crippen LogP) is 3.18. The Morgan fingerprint density at radius 2 is 2.20 bits per heavy atom. The van der Waals surface area contributed by atoms with Gasteiger partial charge in [0.05, 0.1) is 30.0 Å². The summed E-state index contributed by atoms with van der Waals surface area (Å²) in [4.78, 5) is 21.5. The molecule has 0 N–H and O–H groups in total. The van der Waals surface area contributed by atoms with Crippen LogP contribution in [0.4, 0.5) is 0 Å². The Hall–Kier alpha value is -1.95. The van der Waals surface area contributed by atoms with Crippen LogP contribution in [0.3, 0.4) is 0 Å². The predicted molar refractivity (Wildman–Crippen MR) is 78.8 cm³/mol. The van der Waals surface area contributed by atoms with Gasteiger partial charge in [-0.2, -0.15) is 0 Å². The number of hydrogen-bond acceptors (Lipinski definition) is 6. The van der Waals surface area contributed by atoms with Crippen molar-refractivity contribution in [3.63, 3.8) is 0 Å². The van der Waals surface area contributed by atoms with E-state index in [2.05, 4.69) is 9.97 Å². The maximum Gasteiger partial charge on any atom is 0.340 e. The summed E-state index contributed by atoms with van der Waals surface area (Å²) < 4.78 is 10.3. The van der Waals surface area contributed by atoms with Crippen LogP contribution in [0.1, 0.15) is 34.8 Å². The molecule has 0 aliphatic heterocycles. The zero-order chi connectivity index (χ0) is 14.5. The van der Waals surface area contributed by atoms with Crippen molar-refractivity contribution in [1.82, 2.24) is 9.97 Å². The lowest BCUT2D eigenvalue weighted by Crippen LogP contribution is -2.07. The van der Waals surface area contributed by atoms with Gasteiger partial charge >= 0.3 is 5.97 Å². The second kappa shape index (κ2) is 6.47. The number of carbonyl (C=O) groups is 1. The lowest BCUT2D eigenvalue weighted by Gasteiger charge is -2.05. The van der Waals surface area contributed by atoms with Crippen molar-refractivity contribution in [2.24, 2.45) is 0 Å². The molecule has 0 atom stereocenters. The Morgan fingerprint density at radius 3 is 2.90 bits per heavy atom. The third-order valence-corrected chi connectivity index (χ3v) is 3.44. The molecule has 2 rings (SSSR count). The minimum atomic E-state index is -0.399.